The maximum atomic E-state index is 4.26. The Morgan fingerprint density at radius 3 is 2.83 bits per heavy atom. The van der Waals surface area contributed by atoms with E-state index in [1.54, 1.807) is 0 Å². The van der Waals surface area contributed by atoms with E-state index in [0.29, 0.717) is 0 Å². The Labute approximate surface area is 114 Å². The van der Waals surface area contributed by atoms with Gasteiger partial charge in [-0.1, -0.05) is 34.1 Å². The van der Waals surface area contributed by atoms with E-state index < -0.39 is 0 Å². The zero-order valence-electron chi connectivity index (χ0n) is 9.97. The summed E-state index contributed by atoms with van der Waals surface area (Å²) in [6, 6.07) is 12.3. The molecule has 0 aliphatic carbocycles. The first kappa shape index (κ1) is 11.4. The zero-order chi connectivity index (χ0) is 12.5. The van der Waals surface area contributed by atoms with Crippen LogP contribution in [0.4, 0.5) is 0 Å². The Morgan fingerprint density at radius 2 is 2.00 bits per heavy atom. The molecule has 0 spiro atoms. The van der Waals surface area contributed by atoms with Crippen molar-refractivity contribution in [3.63, 3.8) is 0 Å². The first-order chi connectivity index (χ1) is 8.74. The molecule has 0 saturated carbocycles. The fourth-order valence-corrected chi connectivity index (χ4v) is 2.40. The zero-order valence-corrected chi connectivity index (χ0v) is 11.6. The molecule has 3 rings (SSSR count). The molecule has 0 aliphatic heterocycles. The summed E-state index contributed by atoms with van der Waals surface area (Å²) in [6.45, 7) is 2.06. The fourth-order valence-electron chi connectivity index (χ4n) is 1.97. The Bertz CT molecular complexity index is 703. The van der Waals surface area contributed by atoms with E-state index in [0.717, 1.165) is 22.4 Å². The smallest absolute Gasteiger partial charge is 0.161 e. The van der Waals surface area contributed by atoms with Crippen LogP contribution < -0.4 is 0 Å². The van der Waals surface area contributed by atoms with Gasteiger partial charge in [-0.05, 0) is 36.2 Å². The third kappa shape index (κ3) is 2.04. The van der Waals surface area contributed by atoms with Crippen molar-refractivity contribution in [2.24, 2.45) is 0 Å². The second-order valence-corrected chi connectivity index (χ2v) is 5.17. The quantitative estimate of drug-likeness (QED) is 0.726. The molecule has 0 aliphatic rings. The molecule has 0 N–H and O–H groups in total. The van der Waals surface area contributed by atoms with Crippen LogP contribution in [0.5, 0.6) is 0 Å². The summed E-state index contributed by atoms with van der Waals surface area (Å²) in [4.78, 5) is 0. The molecule has 2 aromatic heterocycles. The summed E-state index contributed by atoms with van der Waals surface area (Å²) in [5, 5.41) is 8.47. The summed E-state index contributed by atoms with van der Waals surface area (Å²) in [5.41, 5.74) is 3.31. The van der Waals surface area contributed by atoms with Crippen molar-refractivity contribution in [1.82, 2.24) is 14.6 Å². The molecule has 0 bridgehead atoms. The van der Waals surface area contributed by atoms with Gasteiger partial charge in [0.15, 0.2) is 5.65 Å². The molecule has 0 unspecified atom stereocenters. The van der Waals surface area contributed by atoms with Crippen molar-refractivity contribution in [3.8, 4) is 0 Å². The number of aryl methyl sites for hydroxylation is 1. The van der Waals surface area contributed by atoms with E-state index in [2.05, 4.69) is 45.2 Å². The molecular formula is C14H12BrN3. The van der Waals surface area contributed by atoms with Crippen LogP contribution in [0.3, 0.4) is 0 Å². The highest BCUT2D eigenvalue weighted by atomic mass is 79.9. The van der Waals surface area contributed by atoms with E-state index in [1.165, 1.54) is 11.1 Å². The van der Waals surface area contributed by atoms with Crippen LogP contribution in [0, 0.1) is 6.92 Å². The lowest BCUT2D eigenvalue weighted by Crippen LogP contribution is -1.97. The molecule has 3 nitrogen and oxygen atoms in total. The third-order valence-corrected chi connectivity index (χ3v) is 3.72. The molecule has 0 radical (unpaired) electrons. The van der Waals surface area contributed by atoms with Crippen molar-refractivity contribution in [2.45, 2.75) is 13.3 Å². The van der Waals surface area contributed by atoms with Gasteiger partial charge in [-0.15, -0.1) is 10.2 Å². The topological polar surface area (TPSA) is 30.2 Å². The lowest BCUT2D eigenvalue weighted by atomic mass is 10.1. The Hall–Kier alpha value is -1.68. The first-order valence-corrected chi connectivity index (χ1v) is 6.57. The third-order valence-electron chi connectivity index (χ3n) is 2.94. The number of fused-ring (bicyclic) bond motifs is 1. The maximum absolute atomic E-state index is 4.26. The van der Waals surface area contributed by atoms with Gasteiger partial charge in [-0.2, -0.15) is 0 Å². The molecule has 18 heavy (non-hydrogen) atoms. The molecule has 2 heterocycles. The minimum Gasteiger partial charge on any atom is -0.286 e. The van der Waals surface area contributed by atoms with Gasteiger partial charge in [-0.3, -0.25) is 4.40 Å². The number of halogens is 1. The highest BCUT2D eigenvalue weighted by Gasteiger charge is 2.07. The monoisotopic (exact) mass is 301 g/mol. The summed E-state index contributed by atoms with van der Waals surface area (Å²) in [5.74, 6) is 0.955. The Balaban J connectivity index is 2.03. The normalized spacial score (nSPS) is 11.0. The number of benzene rings is 1. The predicted molar refractivity (Wildman–Crippen MR) is 74.7 cm³/mol. The van der Waals surface area contributed by atoms with E-state index in [1.807, 2.05) is 34.9 Å². The number of aromatic nitrogens is 3. The summed E-state index contributed by atoms with van der Waals surface area (Å²) in [7, 11) is 0. The van der Waals surface area contributed by atoms with Crippen LogP contribution in [-0.4, -0.2) is 14.6 Å². The highest BCUT2D eigenvalue weighted by Crippen LogP contribution is 2.19. The lowest BCUT2D eigenvalue weighted by Gasteiger charge is -2.03. The van der Waals surface area contributed by atoms with Gasteiger partial charge in [0, 0.05) is 17.1 Å². The van der Waals surface area contributed by atoms with Crippen LogP contribution >= 0.6 is 15.9 Å². The molecule has 3 aromatic rings. The van der Waals surface area contributed by atoms with Crippen LogP contribution in [-0.2, 0) is 6.42 Å². The SMILES string of the molecule is Cc1ccn2c(Cc3ccccc3Br)nnc2c1. The summed E-state index contributed by atoms with van der Waals surface area (Å²) >= 11 is 3.56. The van der Waals surface area contributed by atoms with Gasteiger partial charge < -0.3 is 0 Å². The van der Waals surface area contributed by atoms with Gasteiger partial charge in [0.1, 0.15) is 5.82 Å². The van der Waals surface area contributed by atoms with Crippen molar-refractivity contribution in [2.75, 3.05) is 0 Å². The molecule has 0 atom stereocenters. The second-order valence-electron chi connectivity index (χ2n) is 4.32. The first-order valence-electron chi connectivity index (χ1n) is 5.78. The molecule has 1 aromatic carbocycles. The number of rotatable bonds is 2. The summed E-state index contributed by atoms with van der Waals surface area (Å²) < 4.78 is 3.14. The molecule has 0 fully saturated rings. The van der Waals surface area contributed by atoms with E-state index in [-0.39, 0.29) is 0 Å². The number of hydrogen-bond acceptors (Lipinski definition) is 2. The predicted octanol–water partition coefficient (Wildman–Crippen LogP) is 3.39. The van der Waals surface area contributed by atoms with Gasteiger partial charge in [0.25, 0.3) is 0 Å². The van der Waals surface area contributed by atoms with Crippen LogP contribution in [0.1, 0.15) is 17.0 Å². The molecule has 0 amide bonds. The van der Waals surface area contributed by atoms with Crippen LogP contribution in [0.25, 0.3) is 5.65 Å². The molecule has 4 heteroatoms. The fraction of sp³-hybridized carbons (Fsp3) is 0.143. The standard InChI is InChI=1S/C14H12BrN3/c1-10-6-7-18-13(8-10)16-17-14(18)9-11-4-2-3-5-12(11)15/h2-8H,9H2,1H3. The average molecular weight is 302 g/mol. The number of nitrogens with zero attached hydrogens (tertiary/aromatic N) is 3. The van der Waals surface area contributed by atoms with Gasteiger partial charge in [-0.25, -0.2) is 0 Å². The minimum atomic E-state index is 0.769. The van der Waals surface area contributed by atoms with Crippen LogP contribution in [0.15, 0.2) is 47.1 Å². The van der Waals surface area contributed by atoms with Gasteiger partial charge in [0.05, 0.1) is 0 Å². The molecule has 90 valence electrons. The van der Waals surface area contributed by atoms with Crippen molar-refractivity contribution in [1.29, 1.82) is 0 Å². The largest absolute Gasteiger partial charge is 0.286 e. The molecular weight excluding hydrogens is 290 g/mol. The highest BCUT2D eigenvalue weighted by molar-refractivity contribution is 9.10. The minimum absolute atomic E-state index is 0.769. The van der Waals surface area contributed by atoms with Gasteiger partial charge in [0.2, 0.25) is 0 Å². The Morgan fingerprint density at radius 1 is 1.17 bits per heavy atom. The van der Waals surface area contributed by atoms with E-state index in [9.17, 15) is 0 Å². The molecule has 0 saturated heterocycles. The van der Waals surface area contributed by atoms with E-state index >= 15 is 0 Å². The average Bonchev–Trinajstić information content (AvgIpc) is 2.74. The second kappa shape index (κ2) is 4.53. The Kier molecular flexibility index (Phi) is 2.88. The van der Waals surface area contributed by atoms with Crippen molar-refractivity contribution in [3.05, 3.63) is 64.0 Å². The van der Waals surface area contributed by atoms with Crippen molar-refractivity contribution < 1.29 is 0 Å². The summed E-state index contributed by atoms with van der Waals surface area (Å²) in [6.07, 6.45) is 2.79. The van der Waals surface area contributed by atoms with E-state index in [4.69, 9.17) is 0 Å². The van der Waals surface area contributed by atoms with Crippen LogP contribution in [0.2, 0.25) is 0 Å². The number of hydrogen-bond donors (Lipinski definition) is 0. The number of pyridine rings is 1. The van der Waals surface area contributed by atoms with Gasteiger partial charge >= 0.3 is 0 Å². The lowest BCUT2D eigenvalue weighted by molar-refractivity contribution is 0.931. The maximum Gasteiger partial charge on any atom is 0.161 e. The van der Waals surface area contributed by atoms with Crippen molar-refractivity contribution >= 4 is 21.6 Å².